The molecular weight excluding hydrogens is 262 g/mol. The average Bonchev–Trinajstić information content (AvgIpc) is 2.42. The van der Waals surface area contributed by atoms with Crippen LogP contribution in [-0.4, -0.2) is 5.75 Å². The SMILES string of the molecule is Cc1cccc(CSCC(N)c2ccc(C)c(C)c2)c1. The molecule has 0 aliphatic carbocycles. The summed E-state index contributed by atoms with van der Waals surface area (Å²) >= 11 is 1.90. The molecule has 0 fully saturated rings. The molecule has 0 aliphatic heterocycles. The summed E-state index contributed by atoms with van der Waals surface area (Å²) in [5.41, 5.74) is 12.9. The molecule has 2 aromatic rings. The maximum atomic E-state index is 6.29. The van der Waals surface area contributed by atoms with Crippen LogP contribution in [0.25, 0.3) is 0 Å². The second-order valence-corrected chi connectivity index (χ2v) is 6.48. The Labute approximate surface area is 126 Å². The van der Waals surface area contributed by atoms with Gasteiger partial charge in [-0.1, -0.05) is 48.0 Å². The maximum Gasteiger partial charge on any atom is 0.0387 e. The van der Waals surface area contributed by atoms with E-state index in [-0.39, 0.29) is 6.04 Å². The number of aryl methyl sites for hydroxylation is 3. The lowest BCUT2D eigenvalue weighted by molar-refractivity contribution is 0.829. The monoisotopic (exact) mass is 285 g/mol. The van der Waals surface area contributed by atoms with Crippen LogP contribution in [0, 0.1) is 20.8 Å². The Kier molecular flexibility index (Phi) is 5.27. The van der Waals surface area contributed by atoms with Crippen molar-refractivity contribution >= 4 is 11.8 Å². The summed E-state index contributed by atoms with van der Waals surface area (Å²) in [6.45, 7) is 6.41. The van der Waals surface area contributed by atoms with E-state index < -0.39 is 0 Å². The number of nitrogens with two attached hydrogens (primary N) is 1. The summed E-state index contributed by atoms with van der Waals surface area (Å²) < 4.78 is 0. The minimum atomic E-state index is 0.115. The van der Waals surface area contributed by atoms with E-state index in [2.05, 4.69) is 63.2 Å². The van der Waals surface area contributed by atoms with Gasteiger partial charge in [0.1, 0.15) is 0 Å². The van der Waals surface area contributed by atoms with E-state index in [9.17, 15) is 0 Å². The molecule has 0 spiro atoms. The zero-order valence-corrected chi connectivity index (χ0v) is 13.3. The van der Waals surface area contributed by atoms with E-state index in [4.69, 9.17) is 5.73 Å². The molecule has 1 nitrogen and oxygen atoms in total. The van der Waals surface area contributed by atoms with E-state index in [1.54, 1.807) is 0 Å². The first-order valence-electron chi connectivity index (χ1n) is 7.02. The number of thioether (sulfide) groups is 1. The predicted molar refractivity (Wildman–Crippen MR) is 90.2 cm³/mol. The molecular formula is C18H23NS. The van der Waals surface area contributed by atoms with Crippen LogP contribution in [0.15, 0.2) is 42.5 Å². The van der Waals surface area contributed by atoms with Crippen LogP contribution < -0.4 is 5.73 Å². The quantitative estimate of drug-likeness (QED) is 0.872. The molecule has 0 aromatic heterocycles. The highest BCUT2D eigenvalue weighted by Gasteiger charge is 2.07. The van der Waals surface area contributed by atoms with Gasteiger partial charge in [0.05, 0.1) is 0 Å². The van der Waals surface area contributed by atoms with Crippen LogP contribution in [0.3, 0.4) is 0 Å². The minimum absolute atomic E-state index is 0.115. The van der Waals surface area contributed by atoms with Gasteiger partial charge in [0.2, 0.25) is 0 Å². The summed E-state index contributed by atoms with van der Waals surface area (Å²) in [5.74, 6) is 1.98. The van der Waals surface area contributed by atoms with Gasteiger partial charge in [-0.25, -0.2) is 0 Å². The average molecular weight is 285 g/mol. The molecule has 0 bridgehead atoms. The Bertz CT molecular complexity index is 577. The molecule has 0 amide bonds. The van der Waals surface area contributed by atoms with E-state index >= 15 is 0 Å². The van der Waals surface area contributed by atoms with Crippen molar-refractivity contribution < 1.29 is 0 Å². The van der Waals surface area contributed by atoms with Crippen molar-refractivity contribution in [2.75, 3.05) is 5.75 Å². The van der Waals surface area contributed by atoms with Crippen molar-refractivity contribution in [1.82, 2.24) is 0 Å². The largest absolute Gasteiger partial charge is 0.323 e. The molecule has 2 aromatic carbocycles. The van der Waals surface area contributed by atoms with E-state index in [0.717, 1.165) is 11.5 Å². The number of hydrogen-bond donors (Lipinski definition) is 1. The van der Waals surface area contributed by atoms with E-state index in [0.29, 0.717) is 0 Å². The van der Waals surface area contributed by atoms with Gasteiger partial charge in [-0.05, 0) is 43.0 Å². The molecule has 106 valence electrons. The van der Waals surface area contributed by atoms with Crippen molar-refractivity contribution in [3.8, 4) is 0 Å². The molecule has 0 heterocycles. The fourth-order valence-corrected chi connectivity index (χ4v) is 3.18. The fourth-order valence-electron chi connectivity index (χ4n) is 2.20. The van der Waals surface area contributed by atoms with Gasteiger partial charge in [0.15, 0.2) is 0 Å². The predicted octanol–water partition coefficient (Wildman–Crippen LogP) is 4.55. The van der Waals surface area contributed by atoms with E-state index in [1.165, 1.54) is 27.8 Å². The Hall–Kier alpha value is -1.25. The summed E-state index contributed by atoms with van der Waals surface area (Å²) in [7, 11) is 0. The lowest BCUT2D eigenvalue weighted by Gasteiger charge is -2.13. The van der Waals surface area contributed by atoms with Gasteiger partial charge in [-0.3, -0.25) is 0 Å². The zero-order chi connectivity index (χ0) is 14.5. The highest BCUT2D eigenvalue weighted by atomic mass is 32.2. The lowest BCUT2D eigenvalue weighted by atomic mass is 10.0. The highest BCUT2D eigenvalue weighted by Crippen LogP contribution is 2.21. The van der Waals surface area contributed by atoms with Crippen molar-refractivity contribution in [3.05, 3.63) is 70.3 Å². The van der Waals surface area contributed by atoms with Gasteiger partial charge in [0.25, 0.3) is 0 Å². The molecule has 1 atom stereocenters. The molecule has 2 heteroatoms. The Morgan fingerprint density at radius 3 is 2.50 bits per heavy atom. The second kappa shape index (κ2) is 6.96. The normalized spacial score (nSPS) is 12.4. The molecule has 0 radical (unpaired) electrons. The van der Waals surface area contributed by atoms with Gasteiger partial charge >= 0.3 is 0 Å². The summed E-state index contributed by atoms with van der Waals surface area (Å²) in [4.78, 5) is 0. The third-order valence-electron chi connectivity index (χ3n) is 3.61. The lowest BCUT2D eigenvalue weighted by Crippen LogP contribution is -2.13. The fraction of sp³-hybridized carbons (Fsp3) is 0.333. The van der Waals surface area contributed by atoms with Crippen molar-refractivity contribution in [2.45, 2.75) is 32.6 Å². The number of rotatable bonds is 5. The third-order valence-corrected chi connectivity index (χ3v) is 4.74. The molecule has 0 saturated carbocycles. The van der Waals surface area contributed by atoms with Crippen LogP contribution in [-0.2, 0) is 5.75 Å². The topological polar surface area (TPSA) is 26.0 Å². The number of benzene rings is 2. The smallest absolute Gasteiger partial charge is 0.0387 e. The second-order valence-electron chi connectivity index (χ2n) is 5.45. The molecule has 20 heavy (non-hydrogen) atoms. The van der Waals surface area contributed by atoms with Crippen LogP contribution in [0.2, 0.25) is 0 Å². The van der Waals surface area contributed by atoms with Gasteiger partial charge in [-0.2, -0.15) is 11.8 Å². The van der Waals surface area contributed by atoms with Gasteiger partial charge in [-0.15, -0.1) is 0 Å². The van der Waals surface area contributed by atoms with E-state index in [1.807, 2.05) is 11.8 Å². The first kappa shape index (κ1) is 15.1. The van der Waals surface area contributed by atoms with Crippen molar-refractivity contribution in [2.24, 2.45) is 5.73 Å². The van der Waals surface area contributed by atoms with Crippen molar-refractivity contribution in [3.63, 3.8) is 0 Å². The van der Waals surface area contributed by atoms with Gasteiger partial charge in [0, 0.05) is 17.5 Å². The Morgan fingerprint density at radius 1 is 1.00 bits per heavy atom. The molecule has 0 saturated heterocycles. The van der Waals surface area contributed by atoms with Crippen LogP contribution in [0.1, 0.15) is 33.9 Å². The van der Waals surface area contributed by atoms with Crippen molar-refractivity contribution in [1.29, 1.82) is 0 Å². The molecule has 0 aliphatic rings. The summed E-state index contributed by atoms with van der Waals surface area (Å²) in [6, 6.07) is 15.3. The standard InChI is InChI=1S/C18H23NS/c1-13-5-4-6-16(9-13)11-20-12-18(19)17-8-7-14(2)15(3)10-17/h4-10,18H,11-12,19H2,1-3H3. The van der Waals surface area contributed by atoms with Gasteiger partial charge < -0.3 is 5.73 Å². The van der Waals surface area contributed by atoms with Crippen LogP contribution in [0.4, 0.5) is 0 Å². The number of hydrogen-bond acceptors (Lipinski definition) is 2. The zero-order valence-electron chi connectivity index (χ0n) is 12.5. The molecule has 2 rings (SSSR count). The molecule has 1 unspecified atom stereocenters. The third kappa shape index (κ3) is 4.12. The first-order valence-corrected chi connectivity index (χ1v) is 8.18. The Morgan fingerprint density at radius 2 is 1.80 bits per heavy atom. The van der Waals surface area contributed by atoms with Crippen LogP contribution >= 0.6 is 11.8 Å². The summed E-state index contributed by atoms with van der Waals surface area (Å²) in [5, 5.41) is 0. The maximum absolute atomic E-state index is 6.29. The molecule has 2 N–H and O–H groups in total. The Balaban J connectivity index is 1.88. The summed E-state index contributed by atoms with van der Waals surface area (Å²) in [6.07, 6.45) is 0. The minimum Gasteiger partial charge on any atom is -0.323 e. The highest BCUT2D eigenvalue weighted by molar-refractivity contribution is 7.98. The first-order chi connectivity index (χ1) is 9.56. The van der Waals surface area contributed by atoms with Crippen LogP contribution in [0.5, 0.6) is 0 Å².